The number of aromatic amines is 1. The molecule has 6 heteroatoms. The summed E-state index contributed by atoms with van der Waals surface area (Å²) in [5.74, 6) is 1.38. The van der Waals surface area contributed by atoms with E-state index < -0.39 is 0 Å². The molecule has 0 spiro atoms. The number of aryl methyl sites for hydroxylation is 1. The number of H-pyrrole nitrogens is 1. The maximum atomic E-state index is 11.6. The largest absolute Gasteiger partial charge is 0.358 e. The van der Waals surface area contributed by atoms with Crippen LogP contribution in [0.3, 0.4) is 0 Å². The van der Waals surface area contributed by atoms with Crippen molar-refractivity contribution in [2.24, 2.45) is 11.8 Å². The second-order valence-electron chi connectivity index (χ2n) is 8.67. The predicted molar refractivity (Wildman–Crippen MR) is 106 cm³/mol. The zero-order valence-electron chi connectivity index (χ0n) is 17.1. The minimum atomic E-state index is -0.179. The summed E-state index contributed by atoms with van der Waals surface area (Å²) in [4.78, 5) is 21.2. The Morgan fingerprint density at radius 2 is 2.22 bits per heavy atom. The third-order valence-electron chi connectivity index (χ3n) is 6.49. The normalized spacial score (nSPS) is 29.7. The number of imidazole rings is 1. The first-order chi connectivity index (χ1) is 13.1. The van der Waals surface area contributed by atoms with Crippen LogP contribution in [0.2, 0.25) is 0 Å². The van der Waals surface area contributed by atoms with Crippen molar-refractivity contribution in [1.29, 1.82) is 0 Å². The summed E-state index contributed by atoms with van der Waals surface area (Å²) in [6.45, 7) is 5.43. The molecule has 1 aromatic heterocycles. The Labute approximate surface area is 163 Å². The molecule has 152 valence electrons. The molecule has 27 heavy (non-hydrogen) atoms. The Balaban J connectivity index is 1.59. The van der Waals surface area contributed by atoms with Crippen molar-refractivity contribution in [2.75, 3.05) is 13.6 Å². The summed E-state index contributed by atoms with van der Waals surface area (Å²) in [5, 5.41) is 3.49. The number of aldehydes is 1. The highest BCUT2D eigenvalue weighted by Crippen LogP contribution is 2.40. The number of fused-ring (bicyclic) bond motifs is 1. The molecule has 2 fully saturated rings. The molecule has 0 aromatic carbocycles. The van der Waals surface area contributed by atoms with Crippen LogP contribution >= 0.6 is 0 Å². The molecular formula is C21H36N4O2. The van der Waals surface area contributed by atoms with Gasteiger partial charge in [-0.1, -0.05) is 12.8 Å². The number of hydrogen-bond donors (Lipinski definition) is 2. The first kappa shape index (κ1) is 20.5. The molecule has 3 rings (SSSR count). The molecule has 2 heterocycles. The molecule has 0 amide bonds. The van der Waals surface area contributed by atoms with Gasteiger partial charge in [0.25, 0.3) is 0 Å². The highest BCUT2D eigenvalue weighted by Gasteiger charge is 2.40. The summed E-state index contributed by atoms with van der Waals surface area (Å²) in [6.07, 6.45) is 12.6. The van der Waals surface area contributed by atoms with Crippen LogP contribution in [0.1, 0.15) is 58.1 Å². The summed E-state index contributed by atoms with van der Waals surface area (Å²) >= 11 is 0. The molecule has 0 unspecified atom stereocenters. The van der Waals surface area contributed by atoms with Crippen molar-refractivity contribution < 1.29 is 9.53 Å². The SMILES string of the molecule is CC(C)N(C)C[C@H]1O[C@H](N[C@H](C=O)CCc2cnc[nH]2)C[C@H]2CCCC[C@@H]21. The van der Waals surface area contributed by atoms with Gasteiger partial charge in [0.1, 0.15) is 12.5 Å². The van der Waals surface area contributed by atoms with Crippen LogP contribution in [-0.2, 0) is 16.0 Å². The van der Waals surface area contributed by atoms with Gasteiger partial charge in [0.05, 0.1) is 18.5 Å². The summed E-state index contributed by atoms with van der Waals surface area (Å²) in [7, 11) is 2.18. The van der Waals surface area contributed by atoms with Crippen molar-refractivity contribution in [3.05, 3.63) is 18.2 Å². The molecule has 0 bridgehead atoms. The van der Waals surface area contributed by atoms with Gasteiger partial charge in [-0.3, -0.25) is 5.32 Å². The fourth-order valence-electron chi connectivity index (χ4n) is 4.60. The second-order valence-corrected chi connectivity index (χ2v) is 8.67. The van der Waals surface area contributed by atoms with Gasteiger partial charge >= 0.3 is 0 Å². The fraction of sp³-hybridized carbons (Fsp3) is 0.810. The monoisotopic (exact) mass is 376 g/mol. The lowest BCUT2D eigenvalue weighted by molar-refractivity contribution is -0.145. The molecule has 0 radical (unpaired) electrons. The van der Waals surface area contributed by atoms with E-state index in [4.69, 9.17) is 4.74 Å². The second kappa shape index (κ2) is 9.80. The number of nitrogens with one attached hydrogen (secondary N) is 2. The maximum Gasteiger partial charge on any atom is 0.136 e. The van der Waals surface area contributed by atoms with E-state index in [9.17, 15) is 4.79 Å². The number of nitrogens with zero attached hydrogens (tertiary/aromatic N) is 2. The number of carbonyl (C=O) groups excluding carboxylic acids is 1. The summed E-state index contributed by atoms with van der Waals surface area (Å²) < 4.78 is 6.51. The van der Waals surface area contributed by atoms with E-state index in [0.29, 0.717) is 12.0 Å². The van der Waals surface area contributed by atoms with E-state index in [0.717, 1.165) is 43.7 Å². The zero-order chi connectivity index (χ0) is 19.2. The van der Waals surface area contributed by atoms with Gasteiger partial charge in [0.15, 0.2) is 0 Å². The number of hydrogen-bond acceptors (Lipinski definition) is 5. The molecule has 1 saturated heterocycles. The van der Waals surface area contributed by atoms with E-state index >= 15 is 0 Å². The van der Waals surface area contributed by atoms with Gasteiger partial charge < -0.3 is 19.4 Å². The molecule has 1 aliphatic carbocycles. The topological polar surface area (TPSA) is 70.2 Å². The Morgan fingerprint density at radius 1 is 1.41 bits per heavy atom. The number of likely N-dealkylation sites (N-methyl/N-ethyl adjacent to an activating group) is 1. The molecule has 1 aliphatic heterocycles. The van der Waals surface area contributed by atoms with Crippen molar-refractivity contribution in [1.82, 2.24) is 20.2 Å². The third kappa shape index (κ3) is 5.62. The van der Waals surface area contributed by atoms with E-state index in [1.54, 1.807) is 6.33 Å². The molecule has 1 saturated carbocycles. The minimum absolute atomic E-state index is 0.0214. The van der Waals surface area contributed by atoms with E-state index in [-0.39, 0.29) is 18.4 Å². The van der Waals surface area contributed by atoms with Crippen molar-refractivity contribution in [2.45, 2.75) is 83.2 Å². The number of carbonyl (C=O) groups is 1. The van der Waals surface area contributed by atoms with Crippen LogP contribution in [-0.4, -0.2) is 59.2 Å². The summed E-state index contributed by atoms with van der Waals surface area (Å²) in [5.41, 5.74) is 1.07. The van der Waals surface area contributed by atoms with Gasteiger partial charge in [-0.25, -0.2) is 4.98 Å². The molecular weight excluding hydrogens is 340 g/mol. The van der Waals surface area contributed by atoms with E-state index in [1.807, 2.05) is 6.20 Å². The quantitative estimate of drug-likeness (QED) is 0.649. The first-order valence-electron chi connectivity index (χ1n) is 10.6. The van der Waals surface area contributed by atoms with Crippen molar-refractivity contribution in [3.63, 3.8) is 0 Å². The Bertz CT molecular complexity index is 563. The van der Waals surface area contributed by atoms with Gasteiger partial charge in [0, 0.05) is 24.5 Å². The van der Waals surface area contributed by atoms with Gasteiger partial charge in [-0.2, -0.15) is 0 Å². The highest BCUT2D eigenvalue weighted by molar-refractivity contribution is 5.57. The Hall–Kier alpha value is -1.24. The lowest BCUT2D eigenvalue weighted by atomic mass is 9.72. The van der Waals surface area contributed by atoms with Gasteiger partial charge in [-0.05, 0) is 64.8 Å². The van der Waals surface area contributed by atoms with Crippen molar-refractivity contribution in [3.8, 4) is 0 Å². The smallest absolute Gasteiger partial charge is 0.136 e. The van der Waals surface area contributed by atoms with Crippen LogP contribution in [0.4, 0.5) is 0 Å². The zero-order valence-corrected chi connectivity index (χ0v) is 17.1. The summed E-state index contributed by atoms with van der Waals surface area (Å²) in [6, 6.07) is 0.336. The third-order valence-corrected chi connectivity index (χ3v) is 6.49. The lowest BCUT2D eigenvalue weighted by Crippen LogP contribution is -2.54. The highest BCUT2D eigenvalue weighted by atomic mass is 16.5. The average Bonchev–Trinajstić information content (AvgIpc) is 3.18. The number of ether oxygens (including phenoxy) is 1. The predicted octanol–water partition coefficient (Wildman–Crippen LogP) is 2.76. The van der Waals surface area contributed by atoms with Crippen LogP contribution in [0.25, 0.3) is 0 Å². The van der Waals surface area contributed by atoms with Crippen LogP contribution in [0.5, 0.6) is 0 Å². The number of rotatable bonds is 9. The number of aromatic nitrogens is 2. The van der Waals surface area contributed by atoms with Gasteiger partial charge in [-0.15, -0.1) is 0 Å². The van der Waals surface area contributed by atoms with E-state index in [2.05, 4.69) is 41.1 Å². The first-order valence-corrected chi connectivity index (χ1v) is 10.6. The van der Waals surface area contributed by atoms with Crippen LogP contribution in [0.15, 0.2) is 12.5 Å². The molecule has 6 nitrogen and oxygen atoms in total. The molecule has 5 atom stereocenters. The van der Waals surface area contributed by atoms with Crippen LogP contribution in [0, 0.1) is 11.8 Å². The standard InChI is InChI=1S/C21H36N4O2/c1-15(2)25(3)12-20-19-7-5-4-6-16(19)10-21(27-20)24-18(13-26)9-8-17-11-22-14-23-17/h11,13-16,18-21,24H,4-10,12H2,1-3H3,(H,22,23)/t16-,18+,19+,20-,21+/m1/s1. The minimum Gasteiger partial charge on any atom is -0.358 e. The van der Waals surface area contributed by atoms with E-state index in [1.165, 1.54) is 25.7 Å². The van der Waals surface area contributed by atoms with Crippen molar-refractivity contribution >= 4 is 6.29 Å². The lowest BCUT2D eigenvalue weighted by Gasteiger charge is -2.46. The molecule has 1 aromatic rings. The molecule has 2 N–H and O–H groups in total. The fourth-order valence-corrected chi connectivity index (χ4v) is 4.60. The molecule has 2 aliphatic rings. The Kier molecular flexibility index (Phi) is 7.44. The average molecular weight is 377 g/mol. The van der Waals surface area contributed by atoms with Crippen LogP contribution < -0.4 is 5.32 Å². The maximum absolute atomic E-state index is 11.6. The van der Waals surface area contributed by atoms with Gasteiger partial charge in [0.2, 0.25) is 0 Å². The Morgan fingerprint density at radius 3 is 2.93 bits per heavy atom.